The number of fused-ring (bicyclic) bond motifs is 2. The minimum absolute atomic E-state index is 0.00353. The Bertz CT molecular complexity index is 1690. The van der Waals surface area contributed by atoms with Crippen LogP contribution >= 0.6 is 11.3 Å². The maximum atomic E-state index is 13.7. The number of aliphatic hydroxyl groups excluding tert-OH is 1. The molecule has 0 spiro atoms. The van der Waals surface area contributed by atoms with Crippen molar-refractivity contribution in [3.05, 3.63) is 82.9 Å². The zero-order chi connectivity index (χ0) is 28.7. The van der Waals surface area contributed by atoms with E-state index in [-0.39, 0.29) is 17.4 Å². The van der Waals surface area contributed by atoms with Crippen molar-refractivity contribution in [3.63, 3.8) is 0 Å². The number of carbonyl (C=O) groups is 2. The molecule has 9 heteroatoms. The van der Waals surface area contributed by atoms with E-state index >= 15 is 0 Å². The Morgan fingerprint density at radius 2 is 1.90 bits per heavy atom. The third-order valence-electron chi connectivity index (χ3n) is 7.13. The van der Waals surface area contributed by atoms with E-state index in [9.17, 15) is 14.7 Å². The average Bonchev–Trinajstić information content (AvgIpc) is 3.63. The van der Waals surface area contributed by atoms with Gasteiger partial charge in [-0.05, 0) is 79.9 Å². The first-order valence-electron chi connectivity index (χ1n) is 13.7. The number of amides is 1. The number of hydrogen-bond donors (Lipinski definition) is 1. The quantitative estimate of drug-likeness (QED) is 0.148. The molecule has 0 bridgehead atoms. The fourth-order valence-corrected chi connectivity index (χ4v) is 6.34. The highest BCUT2D eigenvalue weighted by atomic mass is 32.1. The van der Waals surface area contributed by atoms with Gasteiger partial charge in [-0.1, -0.05) is 30.4 Å². The molecule has 4 aromatic rings. The van der Waals surface area contributed by atoms with Gasteiger partial charge in [0, 0.05) is 12.0 Å². The summed E-state index contributed by atoms with van der Waals surface area (Å²) in [7, 11) is 0. The molecule has 1 amide bonds. The van der Waals surface area contributed by atoms with Crippen molar-refractivity contribution in [2.45, 2.75) is 45.8 Å². The summed E-state index contributed by atoms with van der Waals surface area (Å²) in [5.41, 5.74) is 2.71. The Kier molecular flexibility index (Phi) is 7.13. The fourth-order valence-electron chi connectivity index (χ4n) is 5.32. The van der Waals surface area contributed by atoms with Crippen LogP contribution < -0.4 is 19.1 Å². The number of carbonyl (C=O) groups excluding carboxylic acids is 2. The number of hydrogen-bond acceptors (Lipinski definition) is 8. The lowest BCUT2D eigenvalue weighted by Crippen LogP contribution is -2.29. The predicted octanol–water partition coefficient (Wildman–Crippen LogP) is 6.43. The molecule has 6 rings (SSSR count). The minimum Gasteiger partial charge on any atom is -0.507 e. The van der Waals surface area contributed by atoms with Crippen molar-refractivity contribution >= 4 is 44.1 Å². The van der Waals surface area contributed by atoms with Crippen LogP contribution in [0, 0.1) is 0 Å². The summed E-state index contributed by atoms with van der Waals surface area (Å²) in [6.45, 7) is 6.96. The first kappa shape index (κ1) is 26.8. The summed E-state index contributed by atoms with van der Waals surface area (Å²) >= 11 is 1.29. The monoisotopic (exact) mass is 570 g/mol. The van der Waals surface area contributed by atoms with Crippen LogP contribution in [0.1, 0.15) is 49.9 Å². The van der Waals surface area contributed by atoms with Gasteiger partial charge < -0.3 is 19.3 Å². The average molecular weight is 571 g/mol. The third kappa shape index (κ3) is 4.91. The molecular formula is C32H30N2O6S. The Hall–Kier alpha value is -4.37. The van der Waals surface area contributed by atoms with E-state index in [1.54, 1.807) is 12.1 Å². The van der Waals surface area contributed by atoms with Crippen LogP contribution in [0.4, 0.5) is 5.13 Å². The predicted molar refractivity (Wildman–Crippen MR) is 158 cm³/mol. The summed E-state index contributed by atoms with van der Waals surface area (Å²) in [5.74, 6) is 0.310. The Labute approximate surface area is 241 Å². The van der Waals surface area contributed by atoms with Gasteiger partial charge in [0.1, 0.15) is 29.1 Å². The first-order chi connectivity index (χ1) is 19.9. The second-order valence-corrected chi connectivity index (χ2v) is 11.1. The van der Waals surface area contributed by atoms with Gasteiger partial charge in [0.25, 0.3) is 5.78 Å². The largest absolute Gasteiger partial charge is 0.507 e. The minimum atomic E-state index is -0.907. The highest BCUT2D eigenvalue weighted by molar-refractivity contribution is 7.22. The molecule has 0 saturated carbocycles. The Morgan fingerprint density at radius 1 is 1.07 bits per heavy atom. The molecule has 2 aliphatic rings. The highest BCUT2D eigenvalue weighted by Crippen LogP contribution is 2.45. The van der Waals surface area contributed by atoms with E-state index < -0.39 is 17.7 Å². The van der Waals surface area contributed by atoms with Crippen molar-refractivity contribution in [1.82, 2.24) is 4.98 Å². The molecule has 8 nitrogen and oxygen atoms in total. The van der Waals surface area contributed by atoms with E-state index in [1.807, 2.05) is 69.3 Å². The molecule has 0 radical (unpaired) electrons. The molecule has 2 atom stereocenters. The summed E-state index contributed by atoms with van der Waals surface area (Å²) in [4.78, 5) is 33.5. The molecule has 0 aliphatic carbocycles. The van der Waals surface area contributed by atoms with Crippen molar-refractivity contribution < 1.29 is 28.9 Å². The number of aliphatic hydroxyl groups is 1. The summed E-state index contributed by atoms with van der Waals surface area (Å²) in [6, 6.07) is 17.3. The van der Waals surface area contributed by atoms with E-state index in [1.165, 1.54) is 16.2 Å². The SMILES string of the molecule is CCCOc1cccc([C@H]2/C(=C(\O)c3ccc4c(c3)C[C@H](C)O4)C(=O)C(=O)N2c2nc3ccc(OCC)cc3s2)c1. The van der Waals surface area contributed by atoms with Crippen LogP contribution in [0.3, 0.4) is 0 Å². The van der Waals surface area contributed by atoms with Gasteiger partial charge >= 0.3 is 5.91 Å². The Morgan fingerprint density at radius 3 is 2.71 bits per heavy atom. The molecular weight excluding hydrogens is 540 g/mol. The lowest BCUT2D eigenvalue weighted by Gasteiger charge is -2.23. The lowest BCUT2D eigenvalue weighted by atomic mass is 9.94. The molecule has 210 valence electrons. The van der Waals surface area contributed by atoms with Gasteiger partial charge in [-0.15, -0.1) is 0 Å². The maximum Gasteiger partial charge on any atom is 0.301 e. The van der Waals surface area contributed by atoms with Crippen LogP contribution in [0.2, 0.25) is 0 Å². The molecule has 1 saturated heterocycles. The van der Waals surface area contributed by atoms with Crippen LogP contribution in [0.25, 0.3) is 16.0 Å². The zero-order valence-electron chi connectivity index (χ0n) is 23.0. The summed E-state index contributed by atoms with van der Waals surface area (Å²) < 4.78 is 18.1. The number of rotatable bonds is 8. The number of nitrogens with zero attached hydrogens (tertiary/aromatic N) is 2. The van der Waals surface area contributed by atoms with Crippen molar-refractivity contribution in [2.75, 3.05) is 18.1 Å². The summed E-state index contributed by atoms with van der Waals surface area (Å²) in [5, 5.41) is 12.0. The first-order valence-corrected chi connectivity index (χ1v) is 14.6. The standard InChI is InChI=1S/C32H30N2O6S/c1-4-13-39-22-8-6-7-19(16-22)28-27(29(35)20-9-12-25-21(15-20)14-18(3)40-25)30(36)31(37)34(28)32-33-24-11-10-23(38-5-2)17-26(24)41-32/h6-12,15-18,28,35H,4-5,13-14H2,1-3H3/b29-27+/t18-,28-/m0/s1. The number of thiazole rings is 1. The lowest BCUT2D eigenvalue weighted by molar-refractivity contribution is -0.132. The van der Waals surface area contributed by atoms with E-state index in [0.29, 0.717) is 52.9 Å². The normalized spacial score (nSPS) is 19.4. The van der Waals surface area contributed by atoms with Crippen molar-refractivity contribution in [1.29, 1.82) is 0 Å². The van der Waals surface area contributed by atoms with E-state index in [2.05, 4.69) is 0 Å². The molecule has 1 aromatic heterocycles. The second kappa shape index (κ2) is 10.9. The third-order valence-corrected chi connectivity index (χ3v) is 8.14. The topological polar surface area (TPSA) is 98.2 Å². The number of benzene rings is 3. The smallest absolute Gasteiger partial charge is 0.301 e. The number of aromatic nitrogens is 1. The Balaban J connectivity index is 1.50. The van der Waals surface area contributed by atoms with Crippen molar-refractivity contribution in [2.24, 2.45) is 0 Å². The van der Waals surface area contributed by atoms with Crippen LogP contribution in [-0.4, -0.2) is 41.1 Å². The number of Topliss-reactive ketones (excluding diaryl/α,β-unsaturated/α-hetero) is 1. The molecule has 0 unspecified atom stereocenters. The van der Waals surface area contributed by atoms with E-state index in [4.69, 9.17) is 19.2 Å². The molecule has 3 aromatic carbocycles. The fraction of sp³-hybridized carbons (Fsp3) is 0.281. The van der Waals surface area contributed by atoms with Crippen molar-refractivity contribution in [3.8, 4) is 17.2 Å². The highest BCUT2D eigenvalue weighted by Gasteiger charge is 2.48. The number of ketones is 1. The molecule has 1 N–H and O–H groups in total. The molecule has 3 heterocycles. The van der Waals surface area contributed by atoms with Crippen LogP contribution in [-0.2, 0) is 16.0 Å². The van der Waals surface area contributed by atoms with Gasteiger partial charge in [0.15, 0.2) is 5.13 Å². The zero-order valence-corrected chi connectivity index (χ0v) is 23.9. The summed E-state index contributed by atoms with van der Waals surface area (Å²) in [6.07, 6.45) is 1.56. The number of ether oxygens (including phenoxy) is 3. The van der Waals surface area contributed by atoms with Gasteiger partial charge in [-0.25, -0.2) is 4.98 Å². The van der Waals surface area contributed by atoms with Gasteiger partial charge in [0.05, 0.1) is 35.0 Å². The van der Waals surface area contributed by atoms with Crippen LogP contribution in [0.5, 0.6) is 17.2 Å². The second-order valence-electron chi connectivity index (χ2n) is 10.1. The molecule has 1 fully saturated rings. The molecule has 41 heavy (non-hydrogen) atoms. The maximum absolute atomic E-state index is 13.7. The molecule has 2 aliphatic heterocycles. The number of anilines is 1. The van der Waals surface area contributed by atoms with Gasteiger partial charge in [-0.2, -0.15) is 0 Å². The van der Waals surface area contributed by atoms with Crippen LogP contribution in [0.15, 0.2) is 66.2 Å². The van der Waals surface area contributed by atoms with Gasteiger partial charge in [0.2, 0.25) is 0 Å². The van der Waals surface area contributed by atoms with Gasteiger partial charge in [-0.3, -0.25) is 14.5 Å². The van der Waals surface area contributed by atoms with E-state index in [0.717, 1.165) is 22.4 Å².